The zero-order valence-corrected chi connectivity index (χ0v) is 26.6. The van der Waals surface area contributed by atoms with Crippen molar-refractivity contribution in [3.63, 3.8) is 0 Å². The predicted octanol–water partition coefficient (Wildman–Crippen LogP) is 0.184. The molecular formula is C33H45N6O7. The summed E-state index contributed by atoms with van der Waals surface area (Å²) in [4.78, 5) is 77.7. The van der Waals surface area contributed by atoms with Crippen molar-refractivity contribution in [2.75, 3.05) is 6.54 Å². The van der Waals surface area contributed by atoms with Gasteiger partial charge in [-0.2, -0.15) is 0 Å². The highest BCUT2D eigenvalue weighted by atomic mass is 16.6. The van der Waals surface area contributed by atoms with Crippen LogP contribution in [0.2, 0.25) is 0 Å². The van der Waals surface area contributed by atoms with Gasteiger partial charge in [0.05, 0.1) is 12.5 Å². The van der Waals surface area contributed by atoms with Gasteiger partial charge in [0.1, 0.15) is 23.7 Å². The molecule has 2 aromatic carbocycles. The summed E-state index contributed by atoms with van der Waals surface area (Å²) in [5.41, 5.74) is 17.1. The lowest BCUT2D eigenvalue weighted by molar-refractivity contribution is -0.163. The Kier molecular flexibility index (Phi) is 15.0. The number of nitrogens with zero attached hydrogens (tertiary/aromatic N) is 1. The molecule has 0 aliphatic heterocycles. The fourth-order valence-corrected chi connectivity index (χ4v) is 4.39. The topological polar surface area (TPSA) is 228 Å². The van der Waals surface area contributed by atoms with Crippen LogP contribution in [0.15, 0.2) is 60.7 Å². The second-order valence-corrected chi connectivity index (χ2v) is 11.9. The normalized spacial score (nSPS) is 13.8. The largest absolute Gasteiger partial charge is 0.454 e. The van der Waals surface area contributed by atoms with E-state index in [-0.39, 0.29) is 12.8 Å². The highest BCUT2D eigenvalue weighted by Gasteiger charge is 2.36. The molecular weight excluding hydrogens is 592 g/mol. The van der Waals surface area contributed by atoms with Gasteiger partial charge in [0.25, 0.3) is 11.7 Å². The molecule has 0 heterocycles. The van der Waals surface area contributed by atoms with Gasteiger partial charge in [-0.25, -0.2) is 10.1 Å². The lowest BCUT2D eigenvalue weighted by Gasteiger charge is -2.25. The number of esters is 1. The molecule has 0 saturated carbocycles. The van der Waals surface area contributed by atoms with Crippen LogP contribution in [0.25, 0.3) is 0 Å². The number of unbranched alkanes of at least 4 members (excludes halogenated alkanes) is 1. The Hall–Kier alpha value is -4.62. The summed E-state index contributed by atoms with van der Waals surface area (Å²) in [6, 6.07) is 12.2. The number of carbonyl (C=O) groups excluding carboxylic acids is 6. The van der Waals surface area contributed by atoms with Crippen LogP contribution in [-0.4, -0.2) is 71.7 Å². The second kappa shape index (κ2) is 18.4. The van der Waals surface area contributed by atoms with Crippen LogP contribution in [-0.2, 0) is 46.3 Å². The van der Waals surface area contributed by atoms with E-state index in [1.54, 1.807) is 81.4 Å². The van der Waals surface area contributed by atoms with Gasteiger partial charge in [-0.3, -0.25) is 24.0 Å². The molecule has 249 valence electrons. The third-order valence-electron chi connectivity index (χ3n) is 6.70. The lowest BCUT2D eigenvalue weighted by Crippen LogP contribution is -2.57. The van der Waals surface area contributed by atoms with Crippen molar-refractivity contribution < 1.29 is 33.5 Å². The number of nitrogens with two attached hydrogens (primary N) is 3. The summed E-state index contributed by atoms with van der Waals surface area (Å²) in [6.07, 6.45) is 0.836. The molecule has 2 aromatic rings. The maximum atomic E-state index is 13.7. The number of hydrogen-bond donors (Lipinski definition) is 5. The van der Waals surface area contributed by atoms with E-state index in [9.17, 15) is 28.8 Å². The van der Waals surface area contributed by atoms with Gasteiger partial charge in [0.2, 0.25) is 17.7 Å². The number of amides is 4. The van der Waals surface area contributed by atoms with E-state index in [1.807, 2.05) is 0 Å². The predicted molar refractivity (Wildman–Crippen MR) is 171 cm³/mol. The molecule has 0 aliphatic carbocycles. The molecule has 13 heteroatoms. The Labute approximate surface area is 269 Å². The van der Waals surface area contributed by atoms with Crippen molar-refractivity contribution >= 4 is 35.4 Å². The van der Waals surface area contributed by atoms with Crippen LogP contribution in [0, 0.1) is 0 Å². The third-order valence-corrected chi connectivity index (χ3v) is 6.70. The Morgan fingerprint density at radius 1 is 0.804 bits per heavy atom. The quantitative estimate of drug-likeness (QED) is 0.0852. The standard InChI is InChI=1S/C33H45N6O7/c1-33(2,3)46-32(45)28(41)24(18-21-12-6-4-7-13-21)37-30(43)25(19-22-14-8-5-9-15-22)39-31(44)26(20-27(36)40)38-29(42)23(35)16-10-11-17-34/h4-9,12-15,23-26H,10-11,16-20,34-35H2,1-3H3,(H2,36,40)(H,38,42)(H,39,44)/t23-,24-,25-,26-/m0/s1. The zero-order chi connectivity index (χ0) is 34.3. The minimum atomic E-state index is -1.45. The van der Waals surface area contributed by atoms with Gasteiger partial charge in [0, 0.05) is 12.8 Å². The number of rotatable bonds is 18. The number of hydrogen-bond acceptors (Lipinski definition) is 9. The average Bonchev–Trinajstić information content (AvgIpc) is 2.99. The highest BCUT2D eigenvalue weighted by molar-refractivity contribution is 6.36. The lowest BCUT2D eigenvalue weighted by atomic mass is 10.00. The van der Waals surface area contributed by atoms with Crippen molar-refractivity contribution in [3.05, 3.63) is 71.8 Å². The van der Waals surface area contributed by atoms with Crippen molar-refractivity contribution in [3.8, 4) is 0 Å². The summed E-state index contributed by atoms with van der Waals surface area (Å²) in [5.74, 6) is -5.53. The fraction of sp³-hybridized carbons (Fsp3) is 0.455. The Bertz CT molecular complexity index is 1330. The molecule has 0 spiro atoms. The number of Topliss-reactive ketones (excluding diaryl/α,β-unsaturated/α-hetero) is 1. The fourth-order valence-electron chi connectivity index (χ4n) is 4.39. The van der Waals surface area contributed by atoms with Crippen molar-refractivity contribution in [1.29, 1.82) is 0 Å². The van der Waals surface area contributed by atoms with Crippen molar-refractivity contribution in [1.82, 2.24) is 16.0 Å². The van der Waals surface area contributed by atoms with Crippen LogP contribution >= 0.6 is 0 Å². The summed E-state index contributed by atoms with van der Waals surface area (Å²) >= 11 is 0. The Morgan fingerprint density at radius 3 is 1.87 bits per heavy atom. The van der Waals surface area contributed by atoms with Gasteiger partial charge in [-0.15, -0.1) is 0 Å². The van der Waals surface area contributed by atoms with Crippen molar-refractivity contribution in [2.45, 2.75) is 89.1 Å². The van der Waals surface area contributed by atoms with Gasteiger partial charge >= 0.3 is 5.97 Å². The second-order valence-electron chi connectivity index (χ2n) is 11.9. The summed E-state index contributed by atoms with van der Waals surface area (Å²) in [7, 11) is 0. The van der Waals surface area contributed by atoms with Gasteiger partial charge in [0.15, 0.2) is 0 Å². The number of primary amides is 1. The summed E-state index contributed by atoms with van der Waals surface area (Å²) in [6.45, 7) is 5.24. The summed E-state index contributed by atoms with van der Waals surface area (Å²) in [5, 5.41) is 9.11. The number of ketones is 1. The van der Waals surface area contributed by atoms with Crippen LogP contribution in [0.1, 0.15) is 57.6 Å². The maximum Gasteiger partial charge on any atom is 0.377 e. The van der Waals surface area contributed by atoms with E-state index in [0.717, 1.165) is 0 Å². The zero-order valence-electron chi connectivity index (χ0n) is 26.6. The number of ether oxygens (including phenoxy) is 1. The van der Waals surface area contributed by atoms with Crippen LogP contribution in [0.5, 0.6) is 0 Å². The molecule has 8 N–H and O–H groups in total. The molecule has 1 radical (unpaired) electrons. The highest BCUT2D eigenvalue weighted by Crippen LogP contribution is 2.13. The molecule has 0 fully saturated rings. The third kappa shape index (κ3) is 13.6. The monoisotopic (exact) mass is 637 g/mol. The molecule has 0 unspecified atom stereocenters. The van der Waals surface area contributed by atoms with Crippen LogP contribution in [0.3, 0.4) is 0 Å². The number of nitrogens with one attached hydrogen (secondary N) is 2. The van der Waals surface area contributed by atoms with Crippen LogP contribution < -0.4 is 33.2 Å². The van der Waals surface area contributed by atoms with Gasteiger partial charge in [-0.1, -0.05) is 67.1 Å². The Morgan fingerprint density at radius 2 is 1.35 bits per heavy atom. The number of benzene rings is 2. The molecule has 0 aromatic heterocycles. The van der Waals surface area contributed by atoms with E-state index in [4.69, 9.17) is 21.9 Å². The van der Waals surface area contributed by atoms with E-state index >= 15 is 0 Å². The van der Waals surface area contributed by atoms with Gasteiger partial charge in [-0.05, 0) is 51.3 Å². The van der Waals surface area contributed by atoms with Crippen LogP contribution in [0.4, 0.5) is 0 Å². The van der Waals surface area contributed by atoms with E-state index in [0.29, 0.717) is 36.9 Å². The van der Waals surface area contributed by atoms with Crippen molar-refractivity contribution in [2.24, 2.45) is 17.2 Å². The first kappa shape index (κ1) is 37.6. The molecule has 13 nitrogen and oxygen atoms in total. The molecule has 0 aliphatic rings. The van der Waals surface area contributed by atoms with E-state index < -0.39 is 71.6 Å². The first-order valence-corrected chi connectivity index (χ1v) is 15.1. The average molecular weight is 638 g/mol. The minimum Gasteiger partial charge on any atom is -0.454 e. The minimum absolute atomic E-state index is 0.0521. The smallest absolute Gasteiger partial charge is 0.377 e. The molecule has 0 saturated heterocycles. The SMILES string of the molecule is CC(C)(C)OC(=O)C(=O)[C@H](Cc1ccccc1)[N]C(=O)[C@H](Cc1ccccc1)NC(=O)[C@H](CC(N)=O)NC(=O)[C@@H](N)CCCCN. The maximum absolute atomic E-state index is 13.7. The number of carbonyl (C=O) groups is 6. The Balaban J connectivity index is 2.34. The molecule has 2 rings (SSSR count). The van der Waals surface area contributed by atoms with E-state index in [2.05, 4.69) is 16.0 Å². The first-order chi connectivity index (χ1) is 21.7. The molecule has 0 bridgehead atoms. The molecule has 4 amide bonds. The van der Waals surface area contributed by atoms with Gasteiger partial charge < -0.3 is 32.6 Å². The molecule has 46 heavy (non-hydrogen) atoms. The van der Waals surface area contributed by atoms with E-state index in [1.165, 1.54) is 0 Å². The first-order valence-electron chi connectivity index (χ1n) is 15.1. The molecule has 4 atom stereocenters. The summed E-state index contributed by atoms with van der Waals surface area (Å²) < 4.78 is 5.25.